The maximum atomic E-state index is 13.4. The average Bonchev–Trinajstić information content (AvgIpc) is 3.03. The number of thiophene rings is 1. The molecule has 0 radical (unpaired) electrons. The van der Waals surface area contributed by atoms with Crippen LogP contribution < -0.4 is 5.32 Å². The number of hydrogen-bond acceptors (Lipinski definition) is 3. The van der Waals surface area contributed by atoms with E-state index >= 15 is 0 Å². The average molecular weight is 409 g/mol. The van der Waals surface area contributed by atoms with Crippen molar-refractivity contribution in [1.82, 2.24) is 4.90 Å². The molecular formula is C24H25FN2OS. The molecule has 4 rings (SSSR count). The van der Waals surface area contributed by atoms with Crippen LogP contribution in [0.4, 0.5) is 10.1 Å². The van der Waals surface area contributed by atoms with Crippen molar-refractivity contribution in [2.24, 2.45) is 0 Å². The van der Waals surface area contributed by atoms with E-state index in [1.54, 1.807) is 12.1 Å². The van der Waals surface area contributed by atoms with Crippen LogP contribution in [0.25, 0.3) is 0 Å². The quantitative estimate of drug-likeness (QED) is 0.618. The van der Waals surface area contributed by atoms with Crippen LogP contribution in [-0.4, -0.2) is 23.9 Å². The number of anilines is 1. The summed E-state index contributed by atoms with van der Waals surface area (Å²) in [5.41, 5.74) is 4.63. The molecule has 2 heterocycles. The number of hydrogen-bond donors (Lipinski definition) is 1. The Labute approximate surface area is 175 Å². The standard InChI is InChI=1S/C24H25FN2OS/c1-3-20-16(2)29-24-21(20)12-13-27(23(24)17-8-5-4-6-9-17)15-22(28)26-19-11-7-10-18(25)14-19/h4-11,14,23H,3,12-13,15H2,1-2H3,(H,26,28). The smallest absolute Gasteiger partial charge is 0.238 e. The summed E-state index contributed by atoms with van der Waals surface area (Å²) in [6, 6.07) is 16.5. The van der Waals surface area contributed by atoms with E-state index in [0.29, 0.717) is 5.69 Å². The largest absolute Gasteiger partial charge is 0.325 e. The second-order valence-corrected chi connectivity index (χ2v) is 8.68. The van der Waals surface area contributed by atoms with Crippen molar-refractivity contribution in [3.05, 3.63) is 86.9 Å². The van der Waals surface area contributed by atoms with Gasteiger partial charge in [0.2, 0.25) is 5.91 Å². The van der Waals surface area contributed by atoms with E-state index in [0.717, 1.165) is 19.4 Å². The maximum absolute atomic E-state index is 13.4. The minimum atomic E-state index is -0.353. The highest BCUT2D eigenvalue weighted by molar-refractivity contribution is 7.12. The number of amides is 1. The van der Waals surface area contributed by atoms with Crippen molar-refractivity contribution >= 4 is 22.9 Å². The van der Waals surface area contributed by atoms with Gasteiger partial charge in [-0.3, -0.25) is 9.69 Å². The normalized spacial score (nSPS) is 16.4. The Hall–Kier alpha value is -2.50. The maximum Gasteiger partial charge on any atom is 0.238 e. The Morgan fingerprint density at radius 2 is 2.00 bits per heavy atom. The molecule has 3 aromatic rings. The van der Waals surface area contributed by atoms with Gasteiger partial charge in [-0.1, -0.05) is 43.3 Å². The number of aryl methyl sites for hydroxylation is 1. The Bertz CT molecular complexity index is 1010. The molecule has 0 bridgehead atoms. The third-order valence-electron chi connectivity index (χ3n) is 5.54. The van der Waals surface area contributed by atoms with Crippen LogP contribution >= 0.6 is 11.3 Å². The predicted octanol–water partition coefficient (Wildman–Crippen LogP) is 5.34. The summed E-state index contributed by atoms with van der Waals surface area (Å²) in [6.45, 7) is 5.51. The van der Waals surface area contributed by atoms with Crippen LogP contribution in [0.2, 0.25) is 0 Å². The highest BCUT2D eigenvalue weighted by atomic mass is 32.1. The molecule has 1 aliphatic heterocycles. The molecule has 0 aliphatic carbocycles. The van der Waals surface area contributed by atoms with Gasteiger partial charge >= 0.3 is 0 Å². The zero-order valence-electron chi connectivity index (χ0n) is 16.7. The number of fused-ring (bicyclic) bond motifs is 1. The lowest BCUT2D eigenvalue weighted by atomic mass is 9.91. The second-order valence-electron chi connectivity index (χ2n) is 7.43. The molecule has 29 heavy (non-hydrogen) atoms. The van der Waals surface area contributed by atoms with E-state index in [1.807, 2.05) is 17.4 Å². The summed E-state index contributed by atoms with van der Waals surface area (Å²) < 4.78 is 13.4. The number of carbonyl (C=O) groups excluding carboxylic acids is 1. The van der Waals surface area contributed by atoms with Gasteiger partial charge in [-0.25, -0.2) is 4.39 Å². The minimum Gasteiger partial charge on any atom is -0.325 e. The van der Waals surface area contributed by atoms with E-state index in [-0.39, 0.29) is 24.3 Å². The Morgan fingerprint density at radius 1 is 1.21 bits per heavy atom. The van der Waals surface area contributed by atoms with Gasteiger partial charge in [0.25, 0.3) is 0 Å². The van der Waals surface area contributed by atoms with Gasteiger partial charge in [-0.15, -0.1) is 11.3 Å². The van der Waals surface area contributed by atoms with Gasteiger partial charge in [0.05, 0.1) is 12.6 Å². The van der Waals surface area contributed by atoms with Crippen molar-refractivity contribution < 1.29 is 9.18 Å². The Morgan fingerprint density at radius 3 is 2.72 bits per heavy atom. The van der Waals surface area contributed by atoms with E-state index in [9.17, 15) is 9.18 Å². The molecule has 1 N–H and O–H groups in total. The zero-order chi connectivity index (χ0) is 20.4. The highest BCUT2D eigenvalue weighted by Gasteiger charge is 2.33. The monoisotopic (exact) mass is 408 g/mol. The van der Waals surface area contributed by atoms with Crippen LogP contribution in [0.15, 0.2) is 54.6 Å². The van der Waals surface area contributed by atoms with Gasteiger partial charge in [0.15, 0.2) is 0 Å². The first-order valence-electron chi connectivity index (χ1n) is 10.0. The van der Waals surface area contributed by atoms with Gasteiger partial charge in [-0.05, 0) is 54.7 Å². The molecule has 1 atom stereocenters. The summed E-state index contributed by atoms with van der Waals surface area (Å²) in [4.78, 5) is 17.7. The first kappa shape index (κ1) is 19.8. The zero-order valence-corrected chi connectivity index (χ0v) is 17.6. The van der Waals surface area contributed by atoms with Gasteiger partial charge < -0.3 is 5.32 Å². The Kier molecular flexibility index (Phi) is 5.79. The third-order valence-corrected chi connectivity index (χ3v) is 6.78. The summed E-state index contributed by atoms with van der Waals surface area (Å²) in [6.07, 6.45) is 2.00. The molecular weight excluding hydrogens is 383 g/mol. The Balaban J connectivity index is 1.62. The molecule has 0 spiro atoms. The van der Waals surface area contributed by atoms with Crippen LogP contribution in [0, 0.1) is 12.7 Å². The van der Waals surface area contributed by atoms with Crippen molar-refractivity contribution in [3.63, 3.8) is 0 Å². The van der Waals surface area contributed by atoms with E-state index in [1.165, 1.54) is 38.6 Å². The van der Waals surface area contributed by atoms with E-state index < -0.39 is 0 Å². The molecule has 1 aromatic heterocycles. The number of halogens is 1. The number of benzene rings is 2. The van der Waals surface area contributed by atoms with Gasteiger partial charge in [0, 0.05) is 22.0 Å². The fourth-order valence-electron chi connectivity index (χ4n) is 4.28. The third kappa shape index (κ3) is 4.11. The van der Waals surface area contributed by atoms with Crippen molar-refractivity contribution in [2.75, 3.05) is 18.4 Å². The molecule has 1 aliphatic rings. The van der Waals surface area contributed by atoms with Crippen LogP contribution in [0.1, 0.15) is 39.4 Å². The molecule has 1 unspecified atom stereocenters. The summed E-state index contributed by atoms with van der Waals surface area (Å²) >= 11 is 1.86. The fourth-order valence-corrected chi connectivity index (χ4v) is 5.74. The lowest BCUT2D eigenvalue weighted by Gasteiger charge is -2.36. The lowest BCUT2D eigenvalue weighted by molar-refractivity contribution is -0.117. The highest BCUT2D eigenvalue weighted by Crippen LogP contribution is 2.42. The van der Waals surface area contributed by atoms with Crippen molar-refractivity contribution in [2.45, 2.75) is 32.7 Å². The van der Waals surface area contributed by atoms with Crippen molar-refractivity contribution in [3.8, 4) is 0 Å². The second kappa shape index (κ2) is 8.47. The molecule has 2 aromatic carbocycles. The summed E-state index contributed by atoms with van der Waals surface area (Å²) in [5, 5.41) is 2.84. The first-order valence-corrected chi connectivity index (χ1v) is 10.8. The predicted molar refractivity (Wildman–Crippen MR) is 117 cm³/mol. The van der Waals surface area contributed by atoms with Gasteiger partial charge in [0.1, 0.15) is 5.82 Å². The summed E-state index contributed by atoms with van der Waals surface area (Å²) in [7, 11) is 0. The number of carbonyl (C=O) groups is 1. The fraction of sp³-hybridized carbons (Fsp3) is 0.292. The number of nitrogens with one attached hydrogen (secondary N) is 1. The molecule has 5 heteroatoms. The SMILES string of the molecule is CCc1c(C)sc2c1CCN(CC(=O)Nc1cccc(F)c1)C2c1ccccc1. The minimum absolute atomic E-state index is 0.0715. The molecule has 150 valence electrons. The van der Waals surface area contributed by atoms with E-state index in [2.05, 4.69) is 48.3 Å². The van der Waals surface area contributed by atoms with Crippen LogP contribution in [0.3, 0.4) is 0 Å². The number of rotatable bonds is 5. The van der Waals surface area contributed by atoms with Gasteiger partial charge in [-0.2, -0.15) is 0 Å². The number of nitrogens with zero attached hydrogens (tertiary/aromatic N) is 1. The van der Waals surface area contributed by atoms with Crippen LogP contribution in [-0.2, 0) is 17.6 Å². The first-order chi connectivity index (χ1) is 14.1. The summed E-state index contributed by atoms with van der Waals surface area (Å²) in [5.74, 6) is -0.474. The van der Waals surface area contributed by atoms with Crippen molar-refractivity contribution in [1.29, 1.82) is 0 Å². The molecule has 0 saturated heterocycles. The lowest BCUT2D eigenvalue weighted by Crippen LogP contribution is -2.40. The molecule has 0 saturated carbocycles. The van der Waals surface area contributed by atoms with E-state index in [4.69, 9.17) is 0 Å². The topological polar surface area (TPSA) is 32.3 Å². The molecule has 0 fully saturated rings. The molecule has 3 nitrogen and oxygen atoms in total. The van der Waals surface area contributed by atoms with Crippen LogP contribution in [0.5, 0.6) is 0 Å². The molecule has 1 amide bonds.